The van der Waals surface area contributed by atoms with Crippen LogP contribution in [0.5, 0.6) is 0 Å². The number of aromatic nitrogens is 6. The Labute approximate surface area is 150 Å². The number of H-pyrrole nitrogens is 1. The monoisotopic (exact) mass is 352 g/mol. The highest BCUT2D eigenvalue weighted by Crippen LogP contribution is 2.27. The molecule has 1 aliphatic heterocycles. The van der Waals surface area contributed by atoms with Gasteiger partial charge >= 0.3 is 0 Å². The molecule has 4 rings (SSSR count). The summed E-state index contributed by atoms with van der Waals surface area (Å²) in [6, 6.07) is 1.68. The van der Waals surface area contributed by atoms with Gasteiger partial charge in [-0.3, -0.25) is 9.89 Å². The first-order valence-corrected chi connectivity index (χ1v) is 8.62. The molecule has 2 atom stereocenters. The second kappa shape index (κ2) is 6.66. The summed E-state index contributed by atoms with van der Waals surface area (Å²) >= 11 is 0. The van der Waals surface area contributed by atoms with E-state index in [1.54, 1.807) is 12.3 Å². The second-order valence-corrected chi connectivity index (χ2v) is 6.65. The van der Waals surface area contributed by atoms with E-state index >= 15 is 0 Å². The Balaban J connectivity index is 1.56. The number of nitrogens with one attached hydrogen (secondary N) is 2. The molecule has 9 nitrogen and oxygen atoms in total. The Morgan fingerprint density at radius 1 is 1.31 bits per heavy atom. The highest BCUT2D eigenvalue weighted by molar-refractivity contribution is 5.94. The van der Waals surface area contributed by atoms with Gasteiger partial charge in [-0.05, 0) is 25.3 Å². The summed E-state index contributed by atoms with van der Waals surface area (Å²) in [5, 5.41) is 18.5. The first-order chi connectivity index (χ1) is 12.6. The minimum absolute atomic E-state index is 0.0154. The number of piperidine rings is 1. The number of fused-ring (bicyclic) bond motifs is 1. The fourth-order valence-electron chi connectivity index (χ4n) is 3.30. The number of aryl methyl sites for hydroxylation is 1. The quantitative estimate of drug-likeness (QED) is 0.725. The summed E-state index contributed by atoms with van der Waals surface area (Å²) in [5.41, 5.74) is 1.24. The molecule has 0 radical (unpaired) electrons. The largest absolute Gasteiger partial charge is 0.354 e. The van der Waals surface area contributed by atoms with Gasteiger partial charge < -0.3 is 10.2 Å². The molecule has 2 N–H and O–H groups in total. The second-order valence-electron chi connectivity index (χ2n) is 6.65. The Morgan fingerprint density at radius 2 is 2.19 bits per heavy atom. The lowest BCUT2D eigenvalue weighted by atomic mass is 9.93. The van der Waals surface area contributed by atoms with E-state index in [0.717, 1.165) is 29.8 Å². The van der Waals surface area contributed by atoms with E-state index < -0.39 is 0 Å². The van der Waals surface area contributed by atoms with Gasteiger partial charge in [0.25, 0.3) is 5.91 Å². The lowest BCUT2D eigenvalue weighted by Gasteiger charge is -2.38. The summed E-state index contributed by atoms with van der Waals surface area (Å²) in [4.78, 5) is 23.7. The zero-order chi connectivity index (χ0) is 18.1. The average Bonchev–Trinajstić information content (AvgIpc) is 3.12. The lowest BCUT2D eigenvalue weighted by Crippen LogP contribution is -2.52. The number of hydrogen-bond acceptors (Lipinski definition) is 7. The summed E-state index contributed by atoms with van der Waals surface area (Å²) < 4.78 is 0. The minimum Gasteiger partial charge on any atom is -0.354 e. The van der Waals surface area contributed by atoms with Crippen LogP contribution in [0.1, 0.15) is 29.5 Å². The van der Waals surface area contributed by atoms with E-state index in [0.29, 0.717) is 23.9 Å². The molecule has 134 valence electrons. The summed E-state index contributed by atoms with van der Waals surface area (Å²) in [5.74, 6) is 1.79. The number of hydrogen-bond donors (Lipinski definition) is 2. The van der Waals surface area contributed by atoms with E-state index in [2.05, 4.69) is 47.5 Å². The molecule has 1 saturated heterocycles. The van der Waals surface area contributed by atoms with Crippen LogP contribution in [0, 0.1) is 12.8 Å². The van der Waals surface area contributed by atoms with Crippen molar-refractivity contribution in [3.05, 3.63) is 36.0 Å². The number of nitrogens with zero attached hydrogens (tertiary/aromatic N) is 6. The van der Waals surface area contributed by atoms with Gasteiger partial charge in [-0.15, -0.1) is 0 Å². The maximum absolute atomic E-state index is 12.5. The molecule has 0 aliphatic carbocycles. The summed E-state index contributed by atoms with van der Waals surface area (Å²) in [6.45, 7) is 5.58. The molecule has 26 heavy (non-hydrogen) atoms. The Bertz CT molecular complexity index is 925. The van der Waals surface area contributed by atoms with Crippen LogP contribution in [0.15, 0.2) is 24.7 Å². The van der Waals surface area contributed by atoms with Crippen molar-refractivity contribution in [3.63, 3.8) is 0 Å². The fraction of sp³-hybridized carbons (Fsp3) is 0.412. The summed E-state index contributed by atoms with van der Waals surface area (Å²) in [6.07, 6.45) is 5.70. The number of anilines is 1. The van der Waals surface area contributed by atoms with Crippen LogP contribution in [0.2, 0.25) is 0 Å². The Hall–Kier alpha value is -3.10. The van der Waals surface area contributed by atoms with E-state index in [1.807, 2.05) is 6.92 Å². The topological polar surface area (TPSA) is 113 Å². The van der Waals surface area contributed by atoms with Gasteiger partial charge in [0.15, 0.2) is 5.65 Å². The third-order valence-corrected chi connectivity index (χ3v) is 4.82. The van der Waals surface area contributed by atoms with Crippen molar-refractivity contribution in [2.45, 2.75) is 26.3 Å². The van der Waals surface area contributed by atoms with Gasteiger partial charge in [-0.25, -0.2) is 9.97 Å². The van der Waals surface area contributed by atoms with Crippen molar-refractivity contribution in [2.75, 3.05) is 18.0 Å². The standard InChI is InChI=1S/C17H20N8O/c1-10-4-6-25(16-13-8-20-24-15(13)21-11(2)22-16)9-14(10)23-17(26)12-3-5-18-19-7-12/h3,5,7-8,10,14H,4,6,9H2,1-2H3,(H,23,26)(H,20,21,22,24). The number of rotatable bonds is 3. The van der Waals surface area contributed by atoms with Crippen molar-refractivity contribution >= 4 is 22.8 Å². The predicted molar refractivity (Wildman–Crippen MR) is 95.7 cm³/mol. The third-order valence-electron chi connectivity index (χ3n) is 4.82. The molecule has 0 spiro atoms. The van der Waals surface area contributed by atoms with E-state index in [9.17, 15) is 4.79 Å². The minimum atomic E-state index is -0.133. The maximum Gasteiger partial charge on any atom is 0.253 e. The number of aromatic amines is 1. The molecule has 0 aromatic carbocycles. The maximum atomic E-state index is 12.5. The molecule has 3 aromatic rings. The molecule has 1 aliphatic rings. The molecule has 3 aromatic heterocycles. The van der Waals surface area contributed by atoms with Crippen LogP contribution in [0.3, 0.4) is 0 Å². The SMILES string of the molecule is Cc1nc(N2CCC(C)C(NC(=O)c3ccnnc3)C2)c2cn[nH]c2n1. The molecule has 0 bridgehead atoms. The highest BCUT2D eigenvalue weighted by atomic mass is 16.1. The number of amides is 1. The molecule has 2 unspecified atom stereocenters. The molecule has 0 saturated carbocycles. The van der Waals surface area contributed by atoms with Crippen molar-refractivity contribution in [1.82, 2.24) is 35.7 Å². The van der Waals surface area contributed by atoms with E-state index in [4.69, 9.17) is 0 Å². The van der Waals surface area contributed by atoms with E-state index in [-0.39, 0.29) is 11.9 Å². The lowest BCUT2D eigenvalue weighted by molar-refractivity contribution is 0.0919. The zero-order valence-corrected chi connectivity index (χ0v) is 14.7. The number of carbonyl (C=O) groups is 1. The highest BCUT2D eigenvalue weighted by Gasteiger charge is 2.29. The zero-order valence-electron chi connectivity index (χ0n) is 14.7. The molecule has 9 heteroatoms. The smallest absolute Gasteiger partial charge is 0.253 e. The number of carbonyl (C=O) groups excluding carboxylic acids is 1. The van der Waals surface area contributed by atoms with Gasteiger partial charge in [0.1, 0.15) is 11.6 Å². The van der Waals surface area contributed by atoms with Gasteiger partial charge in [-0.2, -0.15) is 15.3 Å². The van der Waals surface area contributed by atoms with Crippen LogP contribution in [-0.4, -0.2) is 55.4 Å². The average molecular weight is 352 g/mol. The Morgan fingerprint density at radius 3 is 3.00 bits per heavy atom. The van der Waals surface area contributed by atoms with Crippen LogP contribution < -0.4 is 10.2 Å². The normalized spacial score (nSPS) is 20.3. The van der Waals surface area contributed by atoms with Crippen molar-refractivity contribution in [3.8, 4) is 0 Å². The van der Waals surface area contributed by atoms with Gasteiger partial charge in [0.05, 0.1) is 29.5 Å². The van der Waals surface area contributed by atoms with Crippen molar-refractivity contribution < 1.29 is 4.79 Å². The molecule has 1 amide bonds. The van der Waals surface area contributed by atoms with Crippen LogP contribution in [0.4, 0.5) is 5.82 Å². The summed E-state index contributed by atoms with van der Waals surface area (Å²) in [7, 11) is 0. The predicted octanol–water partition coefficient (Wildman–Crippen LogP) is 1.10. The van der Waals surface area contributed by atoms with Crippen LogP contribution >= 0.6 is 0 Å². The Kier molecular flexibility index (Phi) is 4.19. The van der Waals surface area contributed by atoms with Gasteiger partial charge in [0.2, 0.25) is 0 Å². The van der Waals surface area contributed by atoms with Crippen molar-refractivity contribution in [2.24, 2.45) is 5.92 Å². The molecule has 1 fully saturated rings. The van der Waals surface area contributed by atoms with Gasteiger partial charge in [0, 0.05) is 19.1 Å². The van der Waals surface area contributed by atoms with Crippen molar-refractivity contribution in [1.29, 1.82) is 0 Å². The molecular formula is C17H20N8O. The van der Waals surface area contributed by atoms with E-state index in [1.165, 1.54) is 12.4 Å². The molecular weight excluding hydrogens is 332 g/mol. The first-order valence-electron chi connectivity index (χ1n) is 8.62. The van der Waals surface area contributed by atoms with Crippen LogP contribution in [-0.2, 0) is 0 Å². The molecule has 4 heterocycles. The third kappa shape index (κ3) is 3.07. The first kappa shape index (κ1) is 16.4. The van der Waals surface area contributed by atoms with Gasteiger partial charge in [-0.1, -0.05) is 6.92 Å². The van der Waals surface area contributed by atoms with Crippen LogP contribution in [0.25, 0.3) is 11.0 Å². The fourth-order valence-corrected chi connectivity index (χ4v) is 3.30.